The first-order chi connectivity index (χ1) is 14.0. The summed E-state index contributed by atoms with van der Waals surface area (Å²) in [6.45, 7) is 1.13. The lowest BCUT2D eigenvalue weighted by molar-refractivity contribution is -0.0504. The van der Waals surface area contributed by atoms with Crippen molar-refractivity contribution in [3.63, 3.8) is 0 Å². The molecule has 2 aliphatic heterocycles. The second-order valence-electron chi connectivity index (χ2n) is 7.82. The highest BCUT2D eigenvalue weighted by Gasteiger charge is 2.45. The van der Waals surface area contributed by atoms with E-state index < -0.39 is 11.7 Å². The van der Waals surface area contributed by atoms with Crippen LogP contribution < -0.4 is 4.74 Å². The zero-order valence-electron chi connectivity index (χ0n) is 16.1. The molecule has 1 atom stereocenters. The van der Waals surface area contributed by atoms with E-state index in [0.29, 0.717) is 49.4 Å². The fourth-order valence-corrected chi connectivity index (χ4v) is 4.27. The molecule has 0 saturated carbocycles. The van der Waals surface area contributed by atoms with E-state index >= 15 is 0 Å². The van der Waals surface area contributed by atoms with Crippen LogP contribution in [0, 0.1) is 0 Å². The number of nitrogens with zero attached hydrogens (tertiary/aromatic N) is 4. The summed E-state index contributed by atoms with van der Waals surface area (Å²) in [5, 5.41) is 14.8. The van der Waals surface area contributed by atoms with Gasteiger partial charge in [-0.05, 0) is 12.1 Å². The number of furan rings is 1. The first-order valence-electron chi connectivity index (χ1n) is 9.71. The largest absolute Gasteiger partial charge is 0.483 e. The molecule has 5 rings (SSSR count). The highest BCUT2D eigenvalue weighted by molar-refractivity contribution is 5.95. The van der Waals surface area contributed by atoms with Crippen molar-refractivity contribution in [2.75, 3.05) is 13.1 Å². The van der Waals surface area contributed by atoms with Crippen LogP contribution in [-0.2, 0) is 7.05 Å². The van der Waals surface area contributed by atoms with Gasteiger partial charge in [-0.3, -0.25) is 14.5 Å². The van der Waals surface area contributed by atoms with Crippen molar-refractivity contribution in [2.24, 2.45) is 7.05 Å². The minimum atomic E-state index is -0.641. The Hall–Kier alpha value is -3.13. The maximum atomic E-state index is 13.0. The predicted octanol–water partition coefficient (Wildman–Crippen LogP) is 2.57. The summed E-state index contributed by atoms with van der Waals surface area (Å²) in [5.74, 6) is 0.596. The second kappa shape index (κ2) is 6.73. The van der Waals surface area contributed by atoms with E-state index in [1.165, 1.54) is 0 Å². The van der Waals surface area contributed by atoms with Crippen molar-refractivity contribution in [3.05, 3.63) is 54.5 Å². The zero-order chi connectivity index (χ0) is 20.0. The van der Waals surface area contributed by atoms with Crippen LogP contribution >= 0.6 is 0 Å². The fraction of sp³-hybridized carbons (Fsp3) is 0.381. The summed E-state index contributed by atoms with van der Waals surface area (Å²) in [4.78, 5) is 19.1. The molecular weight excluding hydrogens is 372 g/mol. The molecule has 1 spiro atoms. The first-order valence-corrected chi connectivity index (χ1v) is 9.71. The molecule has 5 heterocycles. The lowest BCUT2D eigenvalue weighted by Gasteiger charge is -2.44. The molecule has 1 amide bonds. The molecule has 1 N–H and O–H groups in total. The second-order valence-corrected chi connectivity index (χ2v) is 7.82. The molecule has 1 saturated heterocycles. The average molecular weight is 394 g/mol. The van der Waals surface area contributed by atoms with E-state index in [2.05, 4.69) is 10.1 Å². The van der Waals surface area contributed by atoms with Gasteiger partial charge in [-0.25, -0.2) is 0 Å². The van der Waals surface area contributed by atoms with Crippen LogP contribution in [0.4, 0.5) is 0 Å². The number of carbonyl (C=O) groups excluding carboxylic acids is 1. The minimum absolute atomic E-state index is 0.0453. The van der Waals surface area contributed by atoms with Crippen molar-refractivity contribution in [1.82, 2.24) is 19.7 Å². The number of rotatable bonds is 2. The molecule has 0 bridgehead atoms. The van der Waals surface area contributed by atoms with Crippen molar-refractivity contribution in [2.45, 2.75) is 31.0 Å². The smallest absolute Gasteiger partial charge is 0.255 e. The van der Waals surface area contributed by atoms with Gasteiger partial charge in [0.15, 0.2) is 5.75 Å². The Balaban J connectivity index is 1.30. The molecule has 2 aliphatic rings. The summed E-state index contributed by atoms with van der Waals surface area (Å²) >= 11 is 0. The Kier molecular flexibility index (Phi) is 4.16. The summed E-state index contributed by atoms with van der Waals surface area (Å²) in [6.07, 6.45) is 9.53. The third-order valence-electron chi connectivity index (χ3n) is 5.83. The Morgan fingerprint density at radius 1 is 1.28 bits per heavy atom. The van der Waals surface area contributed by atoms with Crippen LogP contribution in [0.15, 0.2) is 47.7 Å². The summed E-state index contributed by atoms with van der Waals surface area (Å²) in [5.41, 5.74) is 2.43. The zero-order valence-corrected chi connectivity index (χ0v) is 16.1. The van der Waals surface area contributed by atoms with Gasteiger partial charge >= 0.3 is 0 Å². The first kappa shape index (κ1) is 17.9. The molecule has 0 radical (unpaired) electrons. The number of ether oxygens (including phenoxy) is 1. The lowest BCUT2D eigenvalue weighted by Crippen LogP contribution is -2.51. The number of amides is 1. The van der Waals surface area contributed by atoms with Gasteiger partial charge in [-0.1, -0.05) is 0 Å². The van der Waals surface area contributed by atoms with Crippen LogP contribution in [0.3, 0.4) is 0 Å². The molecule has 1 fully saturated rings. The number of aryl methyl sites for hydroxylation is 1. The van der Waals surface area contributed by atoms with Gasteiger partial charge < -0.3 is 19.2 Å². The number of aliphatic hydroxyl groups is 1. The average Bonchev–Trinajstić information content (AvgIpc) is 3.38. The Morgan fingerprint density at radius 3 is 2.86 bits per heavy atom. The van der Waals surface area contributed by atoms with Crippen LogP contribution in [-0.4, -0.2) is 49.4 Å². The van der Waals surface area contributed by atoms with Gasteiger partial charge in [0.1, 0.15) is 17.4 Å². The predicted molar refractivity (Wildman–Crippen MR) is 103 cm³/mol. The van der Waals surface area contributed by atoms with Crippen molar-refractivity contribution in [3.8, 4) is 16.9 Å². The number of hydrogen-bond acceptors (Lipinski definition) is 6. The third-order valence-corrected chi connectivity index (χ3v) is 5.83. The van der Waals surface area contributed by atoms with E-state index in [-0.39, 0.29) is 5.91 Å². The molecule has 150 valence electrons. The van der Waals surface area contributed by atoms with E-state index in [9.17, 15) is 9.90 Å². The van der Waals surface area contributed by atoms with Crippen molar-refractivity contribution < 1.29 is 19.1 Å². The minimum Gasteiger partial charge on any atom is -0.483 e. The van der Waals surface area contributed by atoms with Gasteiger partial charge in [0.2, 0.25) is 0 Å². The van der Waals surface area contributed by atoms with E-state index in [1.807, 2.05) is 24.1 Å². The maximum Gasteiger partial charge on any atom is 0.255 e. The van der Waals surface area contributed by atoms with Gasteiger partial charge in [0.25, 0.3) is 5.91 Å². The molecule has 1 unspecified atom stereocenters. The highest BCUT2D eigenvalue weighted by Crippen LogP contribution is 2.43. The number of aliphatic hydroxyl groups excluding tert-OH is 1. The summed E-state index contributed by atoms with van der Waals surface area (Å²) in [7, 11) is 1.81. The topological polar surface area (TPSA) is 93.6 Å². The lowest BCUT2D eigenvalue weighted by atomic mass is 9.83. The summed E-state index contributed by atoms with van der Waals surface area (Å²) in [6, 6.07) is 3.68. The van der Waals surface area contributed by atoms with E-state index in [0.717, 1.165) is 11.1 Å². The standard InChI is InChI=1S/C21H22N4O4/c1-24-12-18-19(23-24)17(26)9-21(29-18)3-5-25(6-4-21)20(27)16-8-15(10-22-11-16)14-2-7-28-13-14/h2,7-8,10-13,17,26H,3-6,9H2,1H3. The van der Waals surface area contributed by atoms with Crippen LogP contribution in [0.2, 0.25) is 0 Å². The number of carbonyl (C=O) groups is 1. The molecule has 8 heteroatoms. The molecule has 0 aromatic carbocycles. The molecule has 8 nitrogen and oxygen atoms in total. The number of piperidine rings is 1. The monoisotopic (exact) mass is 394 g/mol. The quantitative estimate of drug-likeness (QED) is 0.718. The Bertz CT molecular complexity index is 1030. The Labute approximate surface area is 167 Å². The molecule has 3 aromatic rings. The van der Waals surface area contributed by atoms with Crippen molar-refractivity contribution >= 4 is 5.91 Å². The van der Waals surface area contributed by atoms with Crippen LogP contribution in [0.1, 0.15) is 41.4 Å². The molecule has 29 heavy (non-hydrogen) atoms. The number of fused-ring (bicyclic) bond motifs is 1. The molecule has 0 aliphatic carbocycles. The Morgan fingerprint density at radius 2 is 2.10 bits per heavy atom. The molecule has 3 aromatic heterocycles. The van der Waals surface area contributed by atoms with Crippen LogP contribution in [0.25, 0.3) is 11.1 Å². The number of pyridine rings is 1. The molecular formula is C21H22N4O4. The van der Waals surface area contributed by atoms with Gasteiger partial charge in [-0.2, -0.15) is 5.10 Å². The van der Waals surface area contributed by atoms with Gasteiger partial charge in [0, 0.05) is 62.9 Å². The number of aromatic nitrogens is 3. The third kappa shape index (κ3) is 3.19. The van der Waals surface area contributed by atoms with Gasteiger partial charge in [0.05, 0.1) is 24.3 Å². The number of hydrogen-bond donors (Lipinski definition) is 1. The van der Waals surface area contributed by atoms with E-state index in [4.69, 9.17) is 9.15 Å². The normalized spacial score (nSPS) is 20.3. The van der Waals surface area contributed by atoms with Crippen molar-refractivity contribution in [1.29, 1.82) is 0 Å². The fourth-order valence-electron chi connectivity index (χ4n) is 4.27. The summed E-state index contributed by atoms with van der Waals surface area (Å²) < 4.78 is 13.0. The highest BCUT2D eigenvalue weighted by atomic mass is 16.5. The maximum absolute atomic E-state index is 13.0. The van der Waals surface area contributed by atoms with E-state index in [1.54, 1.807) is 35.8 Å². The van der Waals surface area contributed by atoms with Gasteiger partial charge in [-0.15, -0.1) is 0 Å². The van der Waals surface area contributed by atoms with Crippen LogP contribution in [0.5, 0.6) is 5.75 Å². The number of likely N-dealkylation sites (tertiary alicyclic amines) is 1. The SMILES string of the molecule is Cn1cc2c(n1)C(O)CC1(CCN(C(=O)c3cncc(-c4ccoc4)c3)CC1)O2.